The standard InChI is InChI=1S/C14H26N2O4/c1-13(2,3)9-14(4,5)15-12(19)16-6-7-20-8-10(16)11(17)18/h10H,6-9H2,1-5H3,(H,15,19)(H,17,18). The van der Waals surface area contributed by atoms with Crippen LogP contribution < -0.4 is 5.32 Å². The van der Waals surface area contributed by atoms with Gasteiger partial charge in [-0.25, -0.2) is 9.59 Å². The molecule has 1 saturated heterocycles. The molecule has 2 N–H and O–H groups in total. The summed E-state index contributed by atoms with van der Waals surface area (Å²) < 4.78 is 5.13. The largest absolute Gasteiger partial charge is 0.480 e. The fourth-order valence-electron chi connectivity index (χ4n) is 2.78. The van der Waals surface area contributed by atoms with Gasteiger partial charge in [0.05, 0.1) is 13.2 Å². The van der Waals surface area contributed by atoms with E-state index in [2.05, 4.69) is 26.1 Å². The average molecular weight is 286 g/mol. The van der Waals surface area contributed by atoms with Gasteiger partial charge < -0.3 is 20.1 Å². The highest BCUT2D eigenvalue weighted by atomic mass is 16.5. The zero-order chi connectivity index (χ0) is 15.6. The van der Waals surface area contributed by atoms with E-state index in [9.17, 15) is 9.59 Å². The first-order valence-electron chi connectivity index (χ1n) is 6.91. The molecule has 0 saturated carbocycles. The number of aliphatic carboxylic acids is 1. The Morgan fingerprint density at radius 2 is 1.90 bits per heavy atom. The zero-order valence-electron chi connectivity index (χ0n) is 13.0. The van der Waals surface area contributed by atoms with Gasteiger partial charge in [0.2, 0.25) is 0 Å². The maximum atomic E-state index is 12.3. The molecular weight excluding hydrogens is 260 g/mol. The number of amides is 2. The first-order chi connectivity index (χ1) is 9.02. The van der Waals surface area contributed by atoms with Crippen LogP contribution in [0.4, 0.5) is 4.79 Å². The van der Waals surface area contributed by atoms with Gasteiger partial charge >= 0.3 is 12.0 Å². The average Bonchev–Trinajstić information content (AvgIpc) is 2.24. The van der Waals surface area contributed by atoms with Gasteiger partial charge in [0.1, 0.15) is 0 Å². The zero-order valence-corrected chi connectivity index (χ0v) is 13.0. The minimum Gasteiger partial charge on any atom is -0.480 e. The molecular formula is C14H26N2O4. The van der Waals surface area contributed by atoms with Crippen LogP contribution in [0.3, 0.4) is 0 Å². The minimum atomic E-state index is -1.03. The number of carboxylic acids is 1. The van der Waals surface area contributed by atoms with Crippen LogP contribution in [-0.4, -0.2) is 53.3 Å². The number of carbonyl (C=O) groups is 2. The molecule has 20 heavy (non-hydrogen) atoms. The lowest BCUT2D eigenvalue weighted by Crippen LogP contribution is -2.59. The third kappa shape index (κ3) is 5.00. The number of nitrogens with zero attached hydrogens (tertiary/aromatic N) is 1. The lowest BCUT2D eigenvalue weighted by Gasteiger charge is -2.38. The van der Waals surface area contributed by atoms with Crippen molar-refractivity contribution in [1.82, 2.24) is 10.2 Å². The van der Waals surface area contributed by atoms with E-state index < -0.39 is 17.6 Å². The molecule has 1 atom stereocenters. The Morgan fingerprint density at radius 3 is 2.40 bits per heavy atom. The highest BCUT2D eigenvalue weighted by Crippen LogP contribution is 2.27. The second kappa shape index (κ2) is 5.99. The Balaban J connectivity index is 2.71. The topological polar surface area (TPSA) is 78.9 Å². The predicted octanol–water partition coefficient (Wildman–Crippen LogP) is 1.70. The van der Waals surface area contributed by atoms with Crippen LogP contribution >= 0.6 is 0 Å². The van der Waals surface area contributed by atoms with Crippen molar-refractivity contribution in [2.75, 3.05) is 19.8 Å². The SMILES string of the molecule is CC(C)(C)CC(C)(C)NC(=O)N1CCOCC1C(=O)O. The van der Waals surface area contributed by atoms with Gasteiger partial charge in [0.15, 0.2) is 6.04 Å². The summed E-state index contributed by atoms with van der Waals surface area (Å²) in [6.07, 6.45) is 0.799. The molecule has 1 unspecified atom stereocenters. The van der Waals surface area contributed by atoms with Gasteiger partial charge in [-0.05, 0) is 25.7 Å². The summed E-state index contributed by atoms with van der Waals surface area (Å²) in [7, 11) is 0. The van der Waals surface area contributed by atoms with Crippen molar-refractivity contribution in [1.29, 1.82) is 0 Å². The summed E-state index contributed by atoms with van der Waals surface area (Å²) in [5.41, 5.74) is -0.315. The predicted molar refractivity (Wildman–Crippen MR) is 75.6 cm³/mol. The number of urea groups is 1. The van der Waals surface area contributed by atoms with Crippen molar-refractivity contribution >= 4 is 12.0 Å². The van der Waals surface area contributed by atoms with Gasteiger partial charge in [-0.15, -0.1) is 0 Å². The first-order valence-corrected chi connectivity index (χ1v) is 6.91. The van der Waals surface area contributed by atoms with E-state index in [-0.39, 0.29) is 18.1 Å². The third-order valence-corrected chi connectivity index (χ3v) is 3.09. The molecule has 0 aromatic heterocycles. The van der Waals surface area contributed by atoms with E-state index in [1.165, 1.54) is 4.90 Å². The summed E-state index contributed by atoms with van der Waals surface area (Å²) in [5.74, 6) is -1.03. The Morgan fingerprint density at radius 1 is 1.30 bits per heavy atom. The second-order valence-electron chi connectivity index (χ2n) is 7.17. The highest BCUT2D eigenvalue weighted by Gasteiger charge is 2.35. The van der Waals surface area contributed by atoms with Crippen molar-refractivity contribution in [2.45, 2.75) is 52.6 Å². The Bertz CT molecular complexity index is 374. The summed E-state index contributed by atoms with van der Waals surface area (Å²) in [6, 6.07) is -1.25. The highest BCUT2D eigenvalue weighted by molar-refractivity contribution is 5.83. The number of hydrogen-bond donors (Lipinski definition) is 2. The Labute approximate surface area is 120 Å². The normalized spacial score (nSPS) is 20.6. The number of hydrogen-bond acceptors (Lipinski definition) is 3. The number of morpholine rings is 1. The van der Waals surface area contributed by atoms with Crippen molar-refractivity contribution < 1.29 is 19.4 Å². The molecule has 0 aromatic rings. The summed E-state index contributed by atoms with van der Waals surface area (Å²) in [6.45, 7) is 10.9. The van der Waals surface area contributed by atoms with E-state index >= 15 is 0 Å². The van der Waals surface area contributed by atoms with E-state index in [0.29, 0.717) is 13.2 Å². The quantitative estimate of drug-likeness (QED) is 0.827. The Kier molecular flexibility index (Phi) is 5.02. The number of carboxylic acid groups (broad SMARTS) is 1. The second-order valence-corrected chi connectivity index (χ2v) is 7.17. The van der Waals surface area contributed by atoms with Crippen molar-refractivity contribution in [3.05, 3.63) is 0 Å². The Hall–Kier alpha value is -1.30. The number of rotatable bonds is 3. The molecule has 1 fully saturated rings. The molecule has 0 aromatic carbocycles. The molecule has 0 aliphatic carbocycles. The molecule has 1 heterocycles. The lowest BCUT2D eigenvalue weighted by molar-refractivity contribution is -0.147. The molecule has 2 amide bonds. The van der Waals surface area contributed by atoms with Crippen LogP contribution in [0, 0.1) is 5.41 Å². The summed E-state index contributed by atoms with van der Waals surface area (Å²) in [4.78, 5) is 24.8. The number of carbonyl (C=O) groups excluding carboxylic acids is 1. The van der Waals surface area contributed by atoms with Crippen molar-refractivity contribution in [2.24, 2.45) is 5.41 Å². The van der Waals surface area contributed by atoms with Gasteiger partial charge in [-0.3, -0.25) is 0 Å². The molecule has 116 valence electrons. The lowest BCUT2D eigenvalue weighted by atomic mass is 9.82. The monoisotopic (exact) mass is 286 g/mol. The van der Waals surface area contributed by atoms with E-state index in [1.807, 2.05) is 13.8 Å². The van der Waals surface area contributed by atoms with Crippen LogP contribution in [0.2, 0.25) is 0 Å². The minimum absolute atomic E-state index is 0.0441. The van der Waals surface area contributed by atoms with Crippen molar-refractivity contribution in [3.8, 4) is 0 Å². The molecule has 1 rings (SSSR count). The smallest absolute Gasteiger partial charge is 0.328 e. The van der Waals surface area contributed by atoms with E-state index in [0.717, 1.165) is 6.42 Å². The first kappa shape index (κ1) is 16.8. The van der Waals surface area contributed by atoms with Gasteiger partial charge in [0, 0.05) is 12.1 Å². The number of ether oxygens (including phenoxy) is 1. The van der Waals surface area contributed by atoms with Crippen LogP contribution in [0.5, 0.6) is 0 Å². The van der Waals surface area contributed by atoms with Crippen LogP contribution in [0.1, 0.15) is 41.0 Å². The van der Waals surface area contributed by atoms with E-state index in [4.69, 9.17) is 9.84 Å². The molecule has 0 bridgehead atoms. The molecule has 1 aliphatic heterocycles. The summed E-state index contributed by atoms with van der Waals surface area (Å²) in [5, 5.41) is 12.1. The van der Waals surface area contributed by atoms with Gasteiger partial charge in [0.25, 0.3) is 0 Å². The fourth-order valence-corrected chi connectivity index (χ4v) is 2.78. The van der Waals surface area contributed by atoms with Crippen LogP contribution in [-0.2, 0) is 9.53 Å². The molecule has 6 heteroatoms. The maximum absolute atomic E-state index is 12.3. The van der Waals surface area contributed by atoms with Crippen LogP contribution in [0.25, 0.3) is 0 Å². The van der Waals surface area contributed by atoms with Crippen molar-refractivity contribution in [3.63, 3.8) is 0 Å². The van der Waals surface area contributed by atoms with Gasteiger partial charge in [-0.1, -0.05) is 20.8 Å². The molecule has 6 nitrogen and oxygen atoms in total. The van der Waals surface area contributed by atoms with Gasteiger partial charge in [-0.2, -0.15) is 0 Å². The fraction of sp³-hybridized carbons (Fsp3) is 0.857. The summed E-state index contributed by atoms with van der Waals surface area (Å²) >= 11 is 0. The number of nitrogens with one attached hydrogen (secondary N) is 1. The molecule has 1 aliphatic rings. The maximum Gasteiger partial charge on any atom is 0.328 e. The molecule has 0 radical (unpaired) electrons. The third-order valence-electron chi connectivity index (χ3n) is 3.09. The van der Waals surface area contributed by atoms with Crippen LogP contribution in [0.15, 0.2) is 0 Å². The van der Waals surface area contributed by atoms with E-state index in [1.54, 1.807) is 0 Å². The molecule has 0 spiro atoms.